The SMILES string of the molecule is O=C1C=C2OCOC2=CC1=C1C=C2OCOC2=CC1=O. The number of fused-ring (bicyclic) bond motifs is 2. The molecule has 4 aliphatic rings. The molecule has 0 spiro atoms. The molecular formula is C14H8O6. The van der Waals surface area contributed by atoms with Crippen molar-refractivity contribution in [3.8, 4) is 0 Å². The summed E-state index contributed by atoms with van der Waals surface area (Å²) in [6, 6.07) is 0. The summed E-state index contributed by atoms with van der Waals surface area (Å²) in [6.45, 7) is 0.146. The van der Waals surface area contributed by atoms with Gasteiger partial charge in [-0.05, 0) is 12.2 Å². The van der Waals surface area contributed by atoms with Gasteiger partial charge in [0.2, 0.25) is 13.6 Å². The van der Waals surface area contributed by atoms with Crippen LogP contribution in [-0.4, -0.2) is 25.2 Å². The fourth-order valence-electron chi connectivity index (χ4n) is 2.27. The predicted octanol–water partition coefficient (Wildman–Crippen LogP) is 0.993. The Morgan fingerprint density at radius 1 is 0.600 bits per heavy atom. The molecule has 0 bridgehead atoms. The summed E-state index contributed by atoms with van der Waals surface area (Å²) < 4.78 is 20.7. The third-order valence-corrected chi connectivity index (χ3v) is 3.24. The smallest absolute Gasteiger partial charge is 0.231 e. The van der Waals surface area contributed by atoms with Crippen LogP contribution in [0, 0.1) is 0 Å². The van der Waals surface area contributed by atoms with Crippen LogP contribution in [0.2, 0.25) is 0 Å². The fraction of sp³-hybridized carbons (Fsp3) is 0.143. The van der Waals surface area contributed by atoms with Gasteiger partial charge in [-0.1, -0.05) is 0 Å². The first-order valence-corrected chi connectivity index (χ1v) is 5.94. The minimum absolute atomic E-state index is 0.0730. The lowest BCUT2D eigenvalue weighted by Crippen LogP contribution is -2.14. The van der Waals surface area contributed by atoms with E-state index in [1.807, 2.05) is 0 Å². The molecule has 0 atom stereocenters. The Morgan fingerprint density at radius 3 is 1.35 bits per heavy atom. The van der Waals surface area contributed by atoms with Gasteiger partial charge < -0.3 is 18.9 Å². The average molecular weight is 272 g/mol. The molecule has 100 valence electrons. The zero-order valence-corrected chi connectivity index (χ0v) is 10.2. The molecule has 0 amide bonds. The minimum Gasteiger partial charge on any atom is -0.454 e. The van der Waals surface area contributed by atoms with E-state index in [1.54, 1.807) is 0 Å². The average Bonchev–Trinajstić information content (AvgIpc) is 3.04. The van der Waals surface area contributed by atoms with E-state index in [9.17, 15) is 9.59 Å². The summed E-state index contributed by atoms with van der Waals surface area (Å²) in [5.41, 5.74) is 0.523. The molecule has 0 saturated carbocycles. The molecule has 2 fully saturated rings. The maximum absolute atomic E-state index is 12.1. The van der Waals surface area contributed by atoms with Crippen LogP contribution in [0.5, 0.6) is 0 Å². The van der Waals surface area contributed by atoms with E-state index >= 15 is 0 Å². The molecule has 0 unspecified atom stereocenters. The van der Waals surface area contributed by atoms with Gasteiger partial charge in [-0.25, -0.2) is 0 Å². The largest absolute Gasteiger partial charge is 0.454 e. The number of allylic oxidation sites excluding steroid dienone is 6. The molecule has 0 aromatic carbocycles. The van der Waals surface area contributed by atoms with Gasteiger partial charge in [0.25, 0.3) is 0 Å². The molecule has 20 heavy (non-hydrogen) atoms. The normalized spacial score (nSPS) is 27.0. The van der Waals surface area contributed by atoms with E-state index in [1.165, 1.54) is 24.3 Å². The van der Waals surface area contributed by atoms with Gasteiger partial charge in [-0.3, -0.25) is 9.59 Å². The minimum atomic E-state index is -0.301. The predicted molar refractivity (Wildman–Crippen MR) is 63.4 cm³/mol. The molecule has 0 aromatic heterocycles. The van der Waals surface area contributed by atoms with Gasteiger partial charge in [-0.15, -0.1) is 0 Å². The Bertz CT molecular complexity index is 641. The van der Waals surface area contributed by atoms with Crippen LogP contribution < -0.4 is 0 Å². The van der Waals surface area contributed by atoms with Crippen LogP contribution in [0.25, 0.3) is 0 Å². The first-order chi connectivity index (χ1) is 9.72. The summed E-state index contributed by atoms with van der Waals surface area (Å²) in [4.78, 5) is 24.2. The Labute approximate surface area is 113 Å². The van der Waals surface area contributed by atoms with Crippen LogP contribution in [0.4, 0.5) is 0 Å². The summed E-state index contributed by atoms with van der Waals surface area (Å²) in [7, 11) is 0. The number of carbonyl (C=O) groups is 2. The number of ketones is 2. The highest BCUT2D eigenvalue weighted by molar-refractivity contribution is 6.18. The third kappa shape index (κ3) is 1.51. The summed E-state index contributed by atoms with van der Waals surface area (Å²) >= 11 is 0. The lowest BCUT2D eigenvalue weighted by molar-refractivity contribution is -0.113. The highest BCUT2D eigenvalue weighted by Crippen LogP contribution is 2.33. The van der Waals surface area contributed by atoms with E-state index in [0.29, 0.717) is 23.0 Å². The Balaban J connectivity index is 1.84. The van der Waals surface area contributed by atoms with Crippen molar-refractivity contribution in [1.29, 1.82) is 0 Å². The van der Waals surface area contributed by atoms with Crippen molar-refractivity contribution in [3.05, 3.63) is 58.5 Å². The molecule has 2 aliphatic carbocycles. The molecule has 6 heteroatoms. The molecule has 6 nitrogen and oxygen atoms in total. The van der Waals surface area contributed by atoms with E-state index in [2.05, 4.69) is 0 Å². The quantitative estimate of drug-likeness (QED) is 0.612. The second-order valence-electron chi connectivity index (χ2n) is 4.40. The van der Waals surface area contributed by atoms with Gasteiger partial charge >= 0.3 is 0 Å². The maximum Gasteiger partial charge on any atom is 0.231 e. The van der Waals surface area contributed by atoms with Crippen LogP contribution in [-0.2, 0) is 28.5 Å². The molecular weight excluding hydrogens is 264 g/mol. The summed E-state index contributed by atoms with van der Waals surface area (Å²) in [6.07, 6.45) is 5.68. The van der Waals surface area contributed by atoms with E-state index in [0.717, 1.165) is 0 Å². The molecule has 0 N–H and O–H groups in total. The topological polar surface area (TPSA) is 71.1 Å². The Hall–Kier alpha value is -2.76. The standard InChI is InChI=1S/C14H8O6/c15-9-3-13-11(17-5-19-13)1-7(9)8-2-12-14(4-10(8)16)20-6-18-12/h1-4H,5-6H2. The van der Waals surface area contributed by atoms with Crippen molar-refractivity contribution in [2.75, 3.05) is 13.6 Å². The molecule has 4 rings (SSSR count). The van der Waals surface area contributed by atoms with Crippen LogP contribution >= 0.6 is 0 Å². The van der Waals surface area contributed by atoms with Gasteiger partial charge in [0.15, 0.2) is 34.6 Å². The molecule has 2 aliphatic heterocycles. The Kier molecular flexibility index (Phi) is 2.14. The van der Waals surface area contributed by atoms with Gasteiger partial charge in [-0.2, -0.15) is 0 Å². The van der Waals surface area contributed by atoms with Crippen molar-refractivity contribution < 1.29 is 28.5 Å². The van der Waals surface area contributed by atoms with E-state index in [-0.39, 0.29) is 36.3 Å². The fourth-order valence-corrected chi connectivity index (χ4v) is 2.27. The second kappa shape index (κ2) is 3.86. The van der Waals surface area contributed by atoms with Crippen molar-refractivity contribution in [2.45, 2.75) is 0 Å². The second-order valence-corrected chi connectivity index (χ2v) is 4.40. The van der Waals surface area contributed by atoms with Crippen LogP contribution in [0.1, 0.15) is 0 Å². The summed E-state index contributed by atoms with van der Waals surface area (Å²) in [5.74, 6) is 1.10. The van der Waals surface area contributed by atoms with Gasteiger partial charge in [0, 0.05) is 23.3 Å². The zero-order valence-electron chi connectivity index (χ0n) is 10.2. The van der Waals surface area contributed by atoms with Crippen molar-refractivity contribution >= 4 is 11.6 Å². The van der Waals surface area contributed by atoms with Crippen molar-refractivity contribution in [3.63, 3.8) is 0 Å². The highest BCUT2D eigenvalue weighted by atomic mass is 16.7. The number of carbonyl (C=O) groups excluding carboxylic acids is 2. The van der Waals surface area contributed by atoms with Gasteiger partial charge in [0.05, 0.1) is 0 Å². The Morgan fingerprint density at radius 2 is 0.950 bits per heavy atom. The highest BCUT2D eigenvalue weighted by Gasteiger charge is 2.31. The van der Waals surface area contributed by atoms with Crippen molar-refractivity contribution in [1.82, 2.24) is 0 Å². The van der Waals surface area contributed by atoms with Crippen LogP contribution in [0.15, 0.2) is 58.5 Å². The molecule has 2 saturated heterocycles. The lowest BCUT2D eigenvalue weighted by Gasteiger charge is -2.12. The third-order valence-electron chi connectivity index (χ3n) is 3.24. The lowest BCUT2D eigenvalue weighted by atomic mass is 9.93. The monoisotopic (exact) mass is 272 g/mol. The number of hydrogen-bond acceptors (Lipinski definition) is 6. The maximum atomic E-state index is 12.1. The van der Waals surface area contributed by atoms with Gasteiger partial charge in [0.1, 0.15) is 0 Å². The molecule has 2 heterocycles. The molecule has 0 radical (unpaired) electrons. The zero-order chi connectivity index (χ0) is 13.7. The first kappa shape index (κ1) is 11.1. The summed E-state index contributed by atoms with van der Waals surface area (Å²) in [5, 5.41) is 0. The number of hydrogen-bond donors (Lipinski definition) is 0. The van der Waals surface area contributed by atoms with Crippen molar-refractivity contribution in [2.24, 2.45) is 0 Å². The van der Waals surface area contributed by atoms with E-state index in [4.69, 9.17) is 18.9 Å². The number of ether oxygens (including phenoxy) is 4. The molecule has 0 aromatic rings. The van der Waals surface area contributed by atoms with Crippen LogP contribution in [0.3, 0.4) is 0 Å². The first-order valence-electron chi connectivity index (χ1n) is 5.94. The van der Waals surface area contributed by atoms with E-state index < -0.39 is 0 Å². The number of rotatable bonds is 0.